The zero-order valence-electron chi connectivity index (χ0n) is 11.6. The molecule has 2 aliphatic heterocycles. The van der Waals surface area contributed by atoms with Crippen LogP contribution in [0.25, 0.3) is 0 Å². The Balaban J connectivity index is 1.74. The van der Waals surface area contributed by atoms with Gasteiger partial charge in [-0.15, -0.1) is 0 Å². The van der Waals surface area contributed by atoms with Gasteiger partial charge in [0, 0.05) is 18.1 Å². The smallest absolute Gasteiger partial charge is 0.227 e. The molecule has 2 fully saturated rings. The van der Waals surface area contributed by atoms with Crippen LogP contribution in [0.4, 0.5) is 0 Å². The molecule has 1 N–H and O–H groups in total. The van der Waals surface area contributed by atoms with Gasteiger partial charge in [-0.2, -0.15) is 0 Å². The number of nitrogens with one attached hydrogen (secondary N) is 1. The summed E-state index contributed by atoms with van der Waals surface area (Å²) in [5.74, 6) is 0.492. The Hall–Kier alpha value is -1.06. The molecule has 0 radical (unpaired) electrons. The average molecular weight is 293 g/mol. The largest absolute Gasteiger partial charge is 0.335 e. The van der Waals surface area contributed by atoms with Crippen LogP contribution >= 0.6 is 11.6 Å². The summed E-state index contributed by atoms with van der Waals surface area (Å²) in [6.45, 7) is 2.77. The number of carbonyl (C=O) groups excluding carboxylic acids is 1. The number of carbonyl (C=O) groups is 1. The van der Waals surface area contributed by atoms with Crippen LogP contribution in [0, 0.1) is 5.92 Å². The van der Waals surface area contributed by atoms with Crippen molar-refractivity contribution < 1.29 is 4.79 Å². The van der Waals surface area contributed by atoms with Crippen LogP contribution in [-0.4, -0.2) is 30.4 Å². The van der Waals surface area contributed by atoms with Gasteiger partial charge >= 0.3 is 0 Å². The van der Waals surface area contributed by atoms with Crippen molar-refractivity contribution in [2.75, 3.05) is 19.6 Å². The molecular formula is C16H21ClN2O. The molecule has 20 heavy (non-hydrogen) atoms. The molecule has 2 aliphatic rings. The minimum atomic E-state index is 0.164. The van der Waals surface area contributed by atoms with Crippen molar-refractivity contribution in [1.29, 1.82) is 0 Å². The fourth-order valence-corrected chi connectivity index (χ4v) is 3.49. The van der Waals surface area contributed by atoms with Crippen molar-refractivity contribution >= 4 is 17.5 Å². The third-order valence-corrected chi connectivity index (χ3v) is 4.69. The SMILES string of the molecule is O=C(C1CCCNC1)N1CCCC1c1ccc(Cl)cc1. The van der Waals surface area contributed by atoms with Gasteiger partial charge in [-0.3, -0.25) is 4.79 Å². The molecule has 0 spiro atoms. The first kappa shape index (κ1) is 13.9. The zero-order valence-corrected chi connectivity index (χ0v) is 12.4. The first-order chi connectivity index (χ1) is 9.75. The fourth-order valence-electron chi connectivity index (χ4n) is 3.36. The summed E-state index contributed by atoms with van der Waals surface area (Å²) in [4.78, 5) is 14.8. The minimum absolute atomic E-state index is 0.164. The van der Waals surface area contributed by atoms with E-state index in [0.29, 0.717) is 5.91 Å². The van der Waals surface area contributed by atoms with Gasteiger partial charge in [-0.05, 0) is 49.9 Å². The molecule has 2 unspecified atom stereocenters. The maximum absolute atomic E-state index is 12.7. The number of halogens is 1. The van der Waals surface area contributed by atoms with E-state index in [9.17, 15) is 4.79 Å². The van der Waals surface area contributed by atoms with E-state index < -0.39 is 0 Å². The molecule has 3 nitrogen and oxygen atoms in total. The summed E-state index contributed by atoms with van der Waals surface area (Å²) >= 11 is 5.95. The zero-order chi connectivity index (χ0) is 13.9. The Morgan fingerprint density at radius 1 is 1.20 bits per heavy atom. The molecule has 108 valence electrons. The lowest BCUT2D eigenvalue weighted by Crippen LogP contribution is -2.42. The predicted molar refractivity (Wildman–Crippen MR) is 80.7 cm³/mol. The molecule has 3 rings (SSSR count). The van der Waals surface area contributed by atoms with E-state index in [4.69, 9.17) is 11.6 Å². The van der Waals surface area contributed by atoms with Gasteiger partial charge < -0.3 is 10.2 Å². The summed E-state index contributed by atoms with van der Waals surface area (Å²) in [5, 5.41) is 4.09. The van der Waals surface area contributed by atoms with E-state index >= 15 is 0 Å². The first-order valence-electron chi connectivity index (χ1n) is 7.52. The maximum Gasteiger partial charge on any atom is 0.227 e. The normalized spacial score (nSPS) is 26.8. The summed E-state index contributed by atoms with van der Waals surface area (Å²) in [6, 6.07) is 8.18. The Morgan fingerprint density at radius 2 is 2.00 bits per heavy atom. The van der Waals surface area contributed by atoms with E-state index in [1.807, 2.05) is 12.1 Å². The van der Waals surface area contributed by atoms with E-state index in [1.54, 1.807) is 0 Å². The van der Waals surface area contributed by atoms with E-state index in [-0.39, 0.29) is 12.0 Å². The first-order valence-corrected chi connectivity index (χ1v) is 7.90. The van der Waals surface area contributed by atoms with Gasteiger partial charge in [-0.1, -0.05) is 23.7 Å². The molecule has 1 aromatic rings. The molecule has 0 aliphatic carbocycles. The number of piperidine rings is 1. The van der Waals surface area contributed by atoms with Crippen molar-refractivity contribution in [1.82, 2.24) is 10.2 Å². The summed E-state index contributed by atoms with van der Waals surface area (Å²) in [6.07, 6.45) is 4.29. The second-order valence-corrected chi connectivity index (χ2v) is 6.22. The van der Waals surface area contributed by atoms with Crippen molar-refractivity contribution in [2.45, 2.75) is 31.7 Å². The number of amides is 1. The molecule has 2 saturated heterocycles. The Kier molecular flexibility index (Phi) is 4.27. The second kappa shape index (κ2) is 6.15. The van der Waals surface area contributed by atoms with Crippen LogP contribution < -0.4 is 5.32 Å². The Labute approximate surface area is 125 Å². The van der Waals surface area contributed by atoms with Gasteiger partial charge in [0.1, 0.15) is 0 Å². The summed E-state index contributed by atoms with van der Waals surface area (Å²) in [7, 11) is 0. The highest BCUT2D eigenvalue weighted by molar-refractivity contribution is 6.30. The number of rotatable bonds is 2. The highest BCUT2D eigenvalue weighted by Crippen LogP contribution is 2.34. The van der Waals surface area contributed by atoms with Crippen molar-refractivity contribution in [2.24, 2.45) is 5.92 Å². The van der Waals surface area contributed by atoms with Crippen LogP contribution in [0.5, 0.6) is 0 Å². The topological polar surface area (TPSA) is 32.3 Å². The highest BCUT2D eigenvalue weighted by atomic mass is 35.5. The molecule has 4 heteroatoms. The van der Waals surface area contributed by atoms with Gasteiger partial charge in [0.15, 0.2) is 0 Å². The van der Waals surface area contributed by atoms with Gasteiger partial charge in [0.2, 0.25) is 5.91 Å². The van der Waals surface area contributed by atoms with Gasteiger partial charge in [0.25, 0.3) is 0 Å². The fraction of sp³-hybridized carbons (Fsp3) is 0.562. The lowest BCUT2D eigenvalue weighted by Gasteiger charge is -2.31. The third-order valence-electron chi connectivity index (χ3n) is 4.44. The minimum Gasteiger partial charge on any atom is -0.335 e. The molecule has 2 heterocycles. The number of benzene rings is 1. The maximum atomic E-state index is 12.7. The number of hydrogen-bond donors (Lipinski definition) is 1. The predicted octanol–water partition coefficient (Wildman–Crippen LogP) is 3.00. The average Bonchev–Trinajstić information content (AvgIpc) is 2.97. The number of hydrogen-bond acceptors (Lipinski definition) is 2. The van der Waals surface area contributed by atoms with E-state index in [0.717, 1.165) is 50.3 Å². The van der Waals surface area contributed by atoms with Gasteiger partial charge in [-0.25, -0.2) is 0 Å². The van der Waals surface area contributed by atoms with Crippen LogP contribution in [0.15, 0.2) is 24.3 Å². The number of likely N-dealkylation sites (tertiary alicyclic amines) is 1. The molecule has 0 aromatic heterocycles. The van der Waals surface area contributed by atoms with Crippen LogP contribution in [0.1, 0.15) is 37.3 Å². The quantitative estimate of drug-likeness (QED) is 0.909. The second-order valence-electron chi connectivity index (χ2n) is 5.78. The molecule has 0 saturated carbocycles. The van der Waals surface area contributed by atoms with Crippen molar-refractivity contribution in [3.63, 3.8) is 0 Å². The van der Waals surface area contributed by atoms with Crippen LogP contribution in [0.2, 0.25) is 5.02 Å². The highest BCUT2D eigenvalue weighted by Gasteiger charge is 2.34. The molecular weight excluding hydrogens is 272 g/mol. The lowest BCUT2D eigenvalue weighted by atomic mass is 9.96. The summed E-state index contributed by atoms with van der Waals surface area (Å²) < 4.78 is 0. The third kappa shape index (κ3) is 2.84. The molecule has 1 aromatic carbocycles. The Bertz CT molecular complexity index is 468. The van der Waals surface area contributed by atoms with Crippen molar-refractivity contribution in [3.05, 3.63) is 34.9 Å². The van der Waals surface area contributed by atoms with Crippen molar-refractivity contribution in [3.8, 4) is 0 Å². The molecule has 2 atom stereocenters. The van der Waals surface area contributed by atoms with E-state index in [2.05, 4.69) is 22.3 Å². The van der Waals surface area contributed by atoms with Crippen LogP contribution in [-0.2, 0) is 4.79 Å². The number of nitrogens with zero attached hydrogens (tertiary/aromatic N) is 1. The lowest BCUT2D eigenvalue weighted by molar-refractivity contribution is -0.137. The Morgan fingerprint density at radius 3 is 2.70 bits per heavy atom. The van der Waals surface area contributed by atoms with Gasteiger partial charge in [0.05, 0.1) is 12.0 Å². The summed E-state index contributed by atoms with van der Waals surface area (Å²) in [5.41, 5.74) is 1.21. The molecule has 1 amide bonds. The standard InChI is InChI=1S/C16H21ClN2O/c17-14-7-5-12(6-8-14)15-4-2-10-19(15)16(20)13-3-1-9-18-11-13/h5-8,13,15,18H,1-4,9-11H2. The van der Waals surface area contributed by atoms with Crippen LogP contribution in [0.3, 0.4) is 0 Å². The molecule has 0 bridgehead atoms. The van der Waals surface area contributed by atoms with E-state index in [1.165, 1.54) is 5.56 Å². The monoisotopic (exact) mass is 292 g/mol.